The molecule has 0 aromatic heterocycles. The van der Waals surface area contributed by atoms with Crippen LogP contribution < -0.4 is 0 Å². The predicted octanol–water partition coefficient (Wildman–Crippen LogP) is 1.37. The molecule has 0 heterocycles. The fraction of sp³-hybridized carbons (Fsp3) is 0.333. The third-order valence-electron chi connectivity index (χ3n) is 1.67. The third kappa shape index (κ3) is 1.74. The Hall–Kier alpha value is -1.09. The zero-order valence-electron chi connectivity index (χ0n) is 6.84. The van der Waals surface area contributed by atoms with Gasteiger partial charge in [0.05, 0.1) is 0 Å². The molecule has 1 aromatic carbocycles. The first-order valence-corrected chi connectivity index (χ1v) is 3.74. The average molecular weight is 170 g/mol. The highest BCUT2D eigenvalue weighted by molar-refractivity contribution is 5.37. The van der Waals surface area contributed by atoms with Crippen molar-refractivity contribution in [3.8, 4) is 5.75 Å². The summed E-state index contributed by atoms with van der Waals surface area (Å²) in [5, 5.41) is 17.8. The molecule has 0 atom stereocenters. The molecule has 2 nitrogen and oxygen atoms in total. The number of hydrogen-bond acceptors (Lipinski definition) is 2. The van der Waals surface area contributed by atoms with Crippen molar-refractivity contribution in [2.24, 2.45) is 0 Å². The maximum absolute atomic E-state index is 12.8. The molecule has 66 valence electrons. The third-order valence-corrected chi connectivity index (χ3v) is 1.67. The molecule has 2 N–H and O–H groups in total. The summed E-state index contributed by atoms with van der Waals surface area (Å²) in [5.74, 6) is -0.979. The van der Waals surface area contributed by atoms with Gasteiger partial charge in [-0.3, -0.25) is 0 Å². The first kappa shape index (κ1) is 9.00. The molecule has 0 amide bonds. The van der Waals surface area contributed by atoms with Crippen LogP contribution in [0, 0.1) is 12.7 Å². The van der Waals surface area contributed by atoms with E-state index in [4.69, 9.17) is 10.2 Å². The number of phenols is 1. The summed E-state index contributed by atoms with van der Waals surface area (Å²) >= 11 is 0. The highest BCUT2D eigenvalue weighted by atomic mass is 19.1. The van der Waals surface area contributed by atoms with Crippen molar-refractivity contribution in [2.75, 3.05) is 6.61 Å². The Morgan fingerprint density at radius 1 is 1.42 bits per heavy atom. The van der Waals surface area contributed by atoms with Crippen LogP contribution in [-0.2, 0) is 6.42 Å². The van der Waals surface area contributed by atoms with Crippen molar-refractivity contribution in [1.29, 1.82) is 0 Å². The molecule has 0 saturated carbocycles. The number of aliphatic hydroxyl groups excluding tert-OH is 1. The van der Waals surface area contributed by atoms with Gasteiger partial charge in [0.15, 0.2) is 11.6 Å². The molecular weight excluding hydrogens is 159 g/mol. The van der Waals surface area contributed by atoms with E-state index < -0.39 is 5.82 Å². The van der Waals surface area contributed by atoms with E-state index in [1.165, 1.54) is 6.07 Å². The van der Waals surface area contributed by atoms with Crippen LogP contribution in [0.1, 0.15) is 11.1 Å². The predicted molar refractivity (Wildman–Crippen MR) is 43.6 cm³/mol. The highest BCUT2D eigenvalue weighted by Crippen LogP contribution is 2.22. The van der Waals surface area contributed by atoms with Gasteiger partial charge in [-0.25, -0.2) is 4.39 Å². The van der Waals surface area contributed by atoms with E-state index in [9.17, 15) is 4.39 Å². The molecule has 0 spiro atoms. The van der Waals surface area contributed by atoms with Crippen LogP contribution in [0.4, 0.5) is 4.39 Å². The van der Waals surface area contributed by atoms with Crippen LogP contribution in [0.5, 0.6) is 5.75 Å². The van der Waals surface area contributed by atoms with Crippen LogP contribution in [0.2, 0.25) is 0 Å². The van der Waals surface area contributed by atoms with Crippen molar-refractivity contribution < 1.29 is 14.6 Å². The van der Waals surface area contributed by atoms with Crippen LogP contribution >= 0.6 is 0 Å². The highest BCUT2D eigenvalue weighted by Gasteiger charge is 2.06. The number of aromatic hydroxyl groups is 1. The second-order valence-corrected chi connectivity index (χ2v) is 2.73. The maximum atomic E-state index is 12.8. The molecule has 0 aliphatic heterocycles. The largest absolute Gasteiger partial charge is 0.505 e. The minimum Gasteiger partial charge on any atom is -0.505 e. The lowest BCUT2D eigenvalue weighted by molar-refractivity contribution is 0.296. The van der Waals surface area contributed by atoms with Gasteiger partial charge in [0, 0.05) is 6.61 Å². The van der Waals surface area contributed by atoms with Gasteiger partial charge in [-0.1, -0.05) is 6.07 Å². The molecule has 1 rings (SSSR count). The molecule has 0 fully saturated rings. The number of benzene rings is 1. The van der Waals surface area contributed by atoms with Crippen molar-refractivity contribution in [3.63, 3.8) is 0 Å². The number of halogens is 1. The molecule has 0 aliphatic carbocycles. The Balaban J connectivity index is 3.09. The second-order valence-electron chi connectivity index (χ2n) is 2.73. The summed E-state index contributed by atoms with van der Waals surface area (Å²) in [6.07, 6.45) is 0.282. The fourth-order valence-corrected chi connectivity index (χ4v) is 1.12. The van der Waals surface area contributed by atoms with Gasteiger partial charge >= 0.3 is 0 Å². The Labute approximate surface area is 70.3 Å². The fourth-order valence-electron chi connectivity index (χ4n) is 1.12. The van der Waals surface area contributed by atoms with Gasteiger partial charge in [-0.05, 0) is 30.5 Å². The van der Waals surface area contributed by atoms with E-state index in [2.05, 4.69) is 0 Å². The van der Waals surface area contributed by atoms with E-state index in [0.29, 0.717) is 5.56 Å². The van der Waals surface area contributed by atoms with E-state index in [1.807, 2.05) is 0 Å². The Morgan fingerprint density at radius 3 is 2.67 bits per heavy atom. The molecular formula is C9H11FO2. The standard InChI is InChI=1S/C9H11FO2/c1-6-4-7(2-3-11)9(12)8(10)5-6/h4-5,11-12H,2-3H2,1H3. The van der Waals surface area contributed by atoms with E-state index in [-0.39, 0.29) is 18.8 Å². The first-order valence-electron chi connectivity index (χ1n) is 3.74. The average Bonchev–Trinajstić information content (AvgIpc) is 2.00. The molecule has 1 aromatic rings. The molecule has 0 radical (unpaired) electrons. The van der Waals surface area contributed by atoms with Gasteiger partial charge in [-0.2, -0.15) is 0 Å². The van der Waals surface area contributed by atoms with Crippen molar-refractivity contribution in [1.82, 2.24) is 0 Å². The van der Waals surface area contributed by atoms with Crippen LogP contribution in [0.15, 0.2) is 12.1 Å². The normalized spacial score (nSPS) is 10.2. The Morgan fingerprint density at radius 2 is 2.08 bits per heavy atom. The smallest absolute Gasteiger partial charge is 0.165 e. The monoisotopic (exact) mass is 170 g/mol. The number of rotatable bonds is 2. The summed E-state index contributed by atoms with van der Waals surface area (Å²) < 4.78 is 12.8. The summed E-state index contributed by atoms with van der Waals surface area (Å²) in [6.45, 7) is 1.65. The van der Waals surface area contributed by atoms with Gasteiger partial charge in [0.2, 0.25) is 0 Å². The molecule has 0 unspecified atom stereocenters. The lowest BCUT2D eigenvalue weighted by Crippen LogP contribution is -1.94. The second kappa shape index (κ2) is 3.54. The molecule has 12 heavy (non-hydrogen) atoms. The summed E-state index contributed by atoms with van der Waals surface area (Å²) in [5.41, 5.74) is 1.20. The zero-order valence-corrected chi connectivity index (χ0v) is 6.84. The molecule has 0 bridgehead atoms. The summed E-state index contributed by atoms with van der Waals surface area (Å²) in [7, 11) is 0. The minimum atomic E-state index is -0.626. The summed E-state index contributed by atoms with van der Waals surface area (Å²) in [4.78, 5) is 0. The van der Waals surface area contributed by atoms with Gasteiger partial charge in [0.1, 0.15) is 0 Å². The lowest BCUT2D eigenvalue weighted by atomic mass is 10.1. The Bertz CT molecular complexity index is 284. The van der Waals surface area contributed by atoms with E-state index in [0.717, 1.165) is 5.56 Å². The number of hydrogen-bond donors (Lipinski definition) is 2. The van der Waals surface area contributed by atoms with Crippen molar-refractivity contribution in [3.05, 3.63) is 29.1 Å². The van der Waals surface area contributed by atoms with Crippen molar-refractivity contribution in [2.45, 2.75) is 13.3 Å². The van der Waals surface area contributed by atoms with Gasteiger partial charge < -0.3 is 10.2 Å². The van der Waals surface area contributed by atoms with Gasteiger partial charge in [-0.15, -0.1) is 0 Å². The summed E-state index contributed by atoms with van der Waals surface area (Å²) in [6, 6.07) is 2.92. The van der Waals surface area contributed by atoms with E-state index >= 15 is 0 Å². The zero-order chi connectivity index (χ0) is 9.14. The van der Waals surface area contributed by atoms with E-state index in [1.54, 1.807) is 13.0 Å². The van der Waals surface area contributed by atoms with Crippen LogP contribution in [-0.4, -0.2) is 16.8 Å². The number of aryl methyl sites for hydroxylation is 1. The quantitative estimate of drug-likeness (QED) is 0.703. The van der Waals surface area contributed by atoms with Gasteiger partial charge in [0.25, 0.3) is 0 Å². The number of aliphatic hydroxyl groups is 1. The van der Waals surface area contributed by atoms with Crippen LogP contribution in [0.25, 0.3) is 0 Å². The molecule has 0 aliphatic rings. The topological polar surface area (TPSA) is 40.5 Å². The minimum absolute atomic E-state index is 0.0869. The van der Waals surface area contributed by atoms with Crippen molar-refractivity contribution >= 4 is 0 Å². The van der Waals surface area contributed by atoms with Crippen LogP contribution in [0.3, 0.4) is 0 Å². The number of phenolic OH excluding ortho intramolecular Hbond substituents is 1. The Kier molecular flexibility index (Phi) is 2.65. The lowest BCUT2D eigenvalue weighted by Gasteiger charge is -2.04. The molecule has 3 heteroatoms. The molecule has 0 saturated heterocycles. The SMILES string of the molecule is Cc1cc(F)c(O)c(CCO)c1. The maximum Gasteiger partial charge on any atom is 0.165 e. The first-order chi connectivity index (χ1) is 5.65.